The normalized spacial score (nSPS) is 25.1. The fraction of sp³-hybridized carbons (Fsp3) is 1.00. The Kier molecular flexibility index (Phi) is 4.31. The third-order valence-corrected chi connectivity index (χ3v) is 4.28. The quantitative estimate of drug-likeness (QED) is 0.645. The van der Waals surface area contributed by atoms with Gasteiger partial charge in [0.05, 0.1) is 11.4 Å². The summed E-state index contributed by atoms with van der Waals surface area (Å²) < 4.78 is 30.8. The lowest BCUT2D eigenvalue weighted by molar-refractivity contribution is 0.122. The molecule has 84 valence electrons. The van der Waals surface area contributed by atoms with E-state index in [-0.39, 0.29) is 11.4 Å². The highest BCUT2D eigenvalue weighted by molar-refractivity contribution is 7.90. The van der Waals surface area contributed by atoms with Crippen LogP contribution in [-0.4, -0.2) is 46.5 Å². The maximum atomic E-state index is 11.6. The summed E-state index contributed by atoms with van der Waals surface area (Å²) >= 11 is 0. The lowest BCUT2D eigenvalue weighted by atomic mass is 10.4. The van der Waals surface area contributed by atoms with Crippen LogP contribution in [0.5, 0.6) is 0 Å². The van der Waals surface area contributed by atoms with E-state index in [9.17, 15) is 8.42 Å². The standard InChI is InChI=1S/C8H18N2O3S/c1-7(13-2)5-10-14(11,12)8-3-4-9-6-8/h7-10H,3-6H2,1-2H3. The van der Waals surface area contributed by atoms with Crippen molar-refractivity contribution in [2.24, 2.45) is 0 Å². The molecule has 0 aromatic rings. The molecule has 0 spiro atoms. The maximum Gasteiger partial charge on any atom is 0.215 e. The van der Waals surface area contributed by atoms with Crippen molar-refractivity contribution < 1.29 is 13.2 Å². The van der Waals surface area contributed by atoms with Crippen LogP contribution in [0.3, 0.4) is 0 Å². The van der Waals surface area contributed by atoms with Crippen LogP contribution in [0.2, 0.25) is 0 Å². The number of sulfonamides is 1. The second kappa shape index (κ2) is 5.06. The van der Waals surface area contributed by atoms with Gasteiger partial charge in [0.1, 0.15) is 0 Å². The Hall–Kier alpha value is -0.170. The molecule has 2 unspecified atom stereocenters. The van der Waals surface area contributed by atoms with Crippen molar-refractivity contribution in [2.75, 3.05) is 26.7 Å². The van der Waals surface area contributed by atoms with Gasteiger partial charge in [-0.3, -0.25) is 0 Å². The lowest BCUT2D eigenvalue weighted by Gasteiger charge is -2.14. The number of ether oxygens (including phenoxy) is 1. The van der Waals surface area contributed by atoms with Gasteiger partial charge in [0.25, 0.3) is 0 Å². The van der Waals surface area contributed by atoms with Crippen LogP contribution in [0.15, 0.2) is 0 Å². The smallest absolute Gasteiger partial charge is 0.215 e. The van der Waals surface area contributed by atoms with Gasteiger partial charge in [-0.1, -0.05) is 0 Å². The molecule has 0 amide bonds. The number of hydrogen-bond donors (Lipinski definition) is 2. The Labute approximate surface area is 85.3 Å². The third kappa shape index (κ3) is 3.20. The number of hydrogen-bond acceptors (Lipinski definition) is 4. The Bertz CT molecular complexity index is 260. The zero-order chi connectivity index (χ0) is 10.6. The molecule has 2 atom stereocenters. The van der Waals surface area contributed by atoms with Crippen LogP contribution in [-0.2, 0) is 14.8 Å². The highest BCUT2D eigenvalue weighted by atomic mass is 32.2. The summed E-state index contributed by atoms with van der Waals surface area (Å²) in [4.78, 5) is 0. The first-order chi connectivity index (χ1) is 6.56. The molecule has 1 heterocycles. The first-order valence-electron chi connectivity index (χ1n) is 4.78. The van der Waals surface area contributed by atoms with Crippen LogP contribution < -0.4 is 10.0 Å². The van der Waals surface area contributed by atoms with Crippen LogP contribution in [0.1, 0.15) is 13.3 Å². The van der Waals surface area contributed by atoms with Crippen molar-refractivity contribution in [3.8, 4) is 0 Å². The van der Waals surface area contributed by atoms with E-state index in [4.69, 9.17) is 4.74 Å². The predicted molar refractivity (Wildman–Crippen MR) is 54.7 cm³/mol. The molecule has 5 nitrogen and oxygen atoms in total. The monoisotopic (exact) mass is 222 g/mol. The molecular formula is C8H18N2O3S. The van der Waals surface area contributed by atoms with Crippen LogP contribution in [0, 0.1) is 0 Å². The maximum absolute atomic E-state index is 11.6. The van der Waals surface area contributed by atoms with Gasteiger partial charge in [-0.15, -0.1) is 0 Å². The summed E-state index contributed by atoms with van der Waals surface area (Å²) in [6.07, 6.45) is 0.607. The first-order valence-corrected chi connectivity index (χ1v) is 6.33. The van der Waals surface area contributed by atoms with Crippen LogP contribution >= 0.6 is 0 Å². The summed E-state index contributed by atoms with van der Waals surface area (Å²) in [6.45, 7) is 3.51. The average Bonchev–Trinajstić information content (AvgIpc) is 2.67. The molecule has 0 bridgehead atoms. The van der Waals surface area contributed by atoms with Gasteiger partial charge in [-0.05, 0) is 19.9 Å². The molecule has 2 N–H and O–H groups in total. The number of methoxy groups -OCH3 is 1. The van der Waals surface area contributed by atoms with Crippen molar-refractivity contribution in [3.63, 3.8) is 0 Å². The van der Waals surface area contributed by atoms with E-state index in [1.54, 1.807) is 7.11 Å². The van der Waals surface area contributed by atoms with E-state index in [0.717, 1.165) is 6.54 Å². The van der Waals surface area contributed by atoms with Gasteiger partial charge in [0, 0.05) is 20.2 Å². The zero-order valence-corrected chi connectivity index (χ0v) is 9.43. The van der Waals surface area contributed by atoms with Crippen molar-refractivity contribution in [3.05, 3.63) is 0 Å². The Balaban J connectivity index is 2.41. The minimum atomic E-state index is -3.16. The molecule has 6 heteroatoms. The first kappa shape index (κ1) is 11.9. The van der Waals surface area contributed by atoms with Gasteiger partial charge in [-0.25, -0.2) is 13.1 Å². The fourth-order valence-corrected chi connectivity index (χ4v) is 2.80. The third-order valence-electron chi connectivity index (χ3n) is 2.43. The van der Waals surface area contributed by atoms with Gasteiger partial charge in [-0.2, -0.15) is 0 Å². The number of rotatable bonds is 5. The van der Waals surface area contributed by atoms with Crippen molar-refractivity contribution >= 4 is 10.0 Å². The molecule has 1 aliphatic heterocycles. The van der Waals surface area contributed by atoms with Crippen molar-refractivity contribution in [2.45, 2.75) is 24.7 Å². The van der Waals surface area contributed by atoms with E-state index < -0.39 is 10.0 Å². The molecule has 1 aliphatic rings. The summed E-state index contributed by atoms with van der Waals surface area (Å²) in [7, 11) is -1.59. The Morgan fingerprint density at radius 3 is 2.86 bits per heavy atom. The van der Waals surface area contributed by atoms with Gasteiger partial charge >= 0.3 is 0 Å². The molecule has 0 aliphatic carbocycles. The minimum Gasteiger partial charge on any atom is -0.380 e. The molecule has 14 heavy (non-hydrogen) atoms. The second-order valence-corrected chi connectivity index (χ2v) is 5.60. The van der Waals surface area contributed by atoms with E-state index in [1.807, 2.05) is 6.92 Å². The van der Waals surface area contributed by atoms with Gasteiger partial charge in [0.2, 0.25) is 10.0 Å². The molecule has 0 saturated carbocycles. The van der Waals surface area contributed by atoms with Gasteiger partial charge in [0.15, 0.2) is 0 Å². The summed E-state index contributed by atoms with van der Waals surface area (Å²) in [5.74, 6) is 0. The van der Waals surface area contributed by atoms with E-state index >= 15 is 0 Å². The van der Waals surface area contributed by atoms with E-state index in [0.29, 0.717) is 19.5 Å². The fourth-order valence-electron chi connectivity index (χ4n) is 1.33. The summed E-state index contributed by atoms with van der Waals surface area (Å²) in [6, 6.07) is 0. The molecule has 1 saturated heterocycles. The molecule has 1 fully saturated rings. The van der Waals surface area contributed by atoms with Crippen molar-refractivity contribution in [1.82, 2.24) is 10.0 Å². The highest BCUT2D eigenvalue weighted by Crippen LogP contribution is 2.08. The number of nitrogens with one attached hydrogen (secondary N) is 2. The Morgan fingerprint density at radius 2 is 2.36 bits per heavy atom. The topological polar surface area (TPSA) is 67.4 Å². The molecule has 0 radical (unpaired) electrons. The SMILES string of the molecule is COC(C)CNS(=O)(=O)C1CCNC1. The average molecular weight is 222 g/mol. The van der Waals surface area contributed by atoms with Crippen LogP contribution in [0.4, 0.5) is 0 Å². The molecular weight excluding hydrogens is 204 g/mol. The summed E-state index contributed by atoms with van der Waals surface area (Å²) in [5.41, 5.74) is 0. The largest absolute Gasteiger partial charge is 0.380 e. The Morgan fingerprint density at radius 1 is 1.64 bits per heavy atom. The lowest BCUT2D eigenvalue weighted by Crippen LogP contribution is -2.39. The zero-order valence-electron chi connectivity index (χ0n) is 8.62. The molecule has 0 aromatic carbocycles. The predicted octanol–water partition coefficient (Wildman–Crippen LogP) is -0.697. The van der Waals surface area contributed by atoms with Gasteiger partial charge < -0.3 is 10.1 Å². The second-order valence-electron chi connectivity index (χ2n) is 3.55. The highest BCUT2D eigenvalue weighted by Gasteiger charge is 2.28. The molecule has 0 aromatic heterocycles. The minimum absolute atomic E-state index is 0.0841. The van der Waals surface area contributed by atoms with E-state index in [1.165, 1.54) is 0 Å². The van der Waals surface area contributed by atoms with Crippen LogP contribution in [0.25, 0.3) is 0 Å². The summed E-state index contributed by atoms with van der Waals surface area (Å²) in [5, 5.41) is 2.74. The van der Waals surface area contributed by atoms with E-state index in [2.05, 4.69) is 10.0 Å². The molecule has 1 rings (SSSR count). The van der Waals surface area contributed by atoms with Crippen molar-refractivity contribution in [1.29, 1.82) is 0 Å².